The highest BCUT2D eigenvalue weighted by Crippen LogP contribution is 2.29. The molecule has 1 saturated carbocycles. The Morgan fingerprint density at radius 1 is 1.07 bits per heavy atom. The average Bonchev–Trinajstić information content (AvgIpc) is 2.40. The Labute approximate surface area is 94.8 Å². The maximum Gasteiger partial charge on any atom is 0.0802 e. The minimum absolute atomic E-state index is 0.101. The molecule has 0 heterocycles. The Balaban J connectivity index is 2.50. The molecule has 0 spiro atoms. The molecule has 1 fully saturated rings. The van der Waals surface area contributed by atoms with Gasteiger partial charge in [0.25, 0.3) is 0 Å². The summed E-state index contributed by atoms with van der Waals surface area (Å²) in [5, 5.41) is 3.59. The normalized spacial score (nSPS) is 22.4. The zero-order valence-electron chi connectivity index (χ0n) is 10.9. The first kappa shape index (κ1) is 13.0. The predicted octanol–water partition coefficient (Wildman–Crippen LogP) is 3.11. The summed E-state index contributed by atoms with van der Waals surface area (Å²) in [6.07, 6.45) is 7.82. The van der Waals surface area contributed by atoms with Crippen molar-refractivity contribution in [3.63, 3.8) is 0 Å². The second-order valence-corrected chi connectivity index (χ2v) is 5.90. The molecule has 90 valence electrons. The summed E-state index contributed by atoms with van der Waals surface area (Å²) in [4.78, 5) is 0. The molecular weight excluding hydrogens is 186 g/mol. The van der Waals surface area contributed by atoms with Crippen LogP contribution in [0, 0.1) is 0 Å². The molecule has 0 aromatic carbocycles. The van der Waals surface area contributed by atoms with Crippen LogP contribution < -0.4 is 5.32 Å². The van der Waals surface area contributed by atoms with Gasteiger partial charge in [-0.05, 0) is 33.6 Å². The van der Waals surface area contributed by atoms with E-state index in [4.69, 9.17) is 4.74 Å². The van der Waals surface area contributed by atoms with E-state index >= 15 is 0 Å². The third-order valence-corrected chi connectivity index (χ3v) is 3.39. The van der Waals surface area contributed by atoms with E-state index in [9.17, 15) is 0 Å². The fourth-order valence-corrected chi connectivity index (χ4v) is 2.25. The largest absolute Gasteiger partial charge is 0.377 e. The summed E-state index contributed by atoms with van der Waals surface area (Å²) in [7, 11) is 1.87. The van der Waals surface area contributed by atoms with E-state index in [-0.39, 0.29) is 11.1 Å². The van der Waals surface area contributed by atoms with Crippen molar-refractivity contribution in [2.75, 3.05) is 13.7 Å². The predicted molar refractivity (Wildman–Crippen MR) is 65.2 cm³/mol. The first-order chi connectivity index (χ1) is 6.97. The van der Waals surface area contributed by atoms with E-state index in [2.05, 4.69) is 26.1 Å². The van der Waals surface area contributed by atoms with Crippen molar-refractivity contribution in [2.24, 2.45) is 0 Å². The van der Waals surface area contributed by atoms with Crippen molar-refractivity contribution in [3.05, 3.63) is 0 Å². The fraction of sp³-hybridized carbons (Fsp3) is 1.00. The maximum absolute atomic E-state index is 5.79. The number of nitrogens with one attached hydrogen (secondary N) is 1. The molecule has 1 aliphatic carbocycles. The van der Waals surface area contributed by atoms with Crippen LogP contribution in [-0.2, 0) is 4.74 Å². The van der Waals surface area contributed by atoms with Crippen LogP contribution in [0.2, 0.25) is 0 Å². The van der Waals surface area contributed by atoms with Crippen LogP contribution in [0.5, 0.6) is 0 Å². The molecule has 0 aromatic heterocycles. The van der Waals surface area contributed by atoms with Crippen LogP contribution in [-0.4, -0.2) is 24.8 Å². The number of rotatable bonds is 3. The minimum atomic E-state index is 0.101. The molecule has 1 aliphatic rings. The lowest BCUT2D eigenvalue weighted by Gasteiger charge is -2.35. The van der Waals surface area contributed by atoms with Crippen molar-refractivity contribution in [1.29, 1.82) is 0 Å². The lowest BCUT2D eigenvalue weighted by molar-refractivity contribution is -0.0253. The molecular formula is C13H27NO. The maximum atomic E-state index is 5.79. The van der Waals surface area contributed by atoms with Gasteiger partial charge < -0.3 is 10.1 Å². The summed E-state index contributed by atoms with van der Waals surface area (Å²) in [5.74, 6) is 0. The summed E-state index contributed by atoms with van der Waals surface area (Å²) in [6, 6.07) is 0. The van der Waals surface area contributed by atoms with Gasteiger partial charge in [0, 0.05) is 19.2 Å². The second-order valence-electron chi connectivity index (χ2n) is 5.90. The second kappa shape index (κ2) is 5.31. The molecule has 0 amide bonds. The first-order valence-electron chi connectivity index (χ1n) is 6.28. The Morgan fingerprint density at radius 2 is 1.60 bits per heavy atom. The van der Waals surface area contributed by atoms with Crippen molar-refractivity contribution < 1.29 is 4.74 Å². The lowest BCUT2D eigenvalue weighted by Crippen LogP contribution is -2.48. The van der Waals surface area contributed by atoms with Gasteiger partial charge in [-0.25, -0.2) is 0 Å². The third kappa shape index (κ3) is 4.52. The number of ether oxygens (including phenoxy) is 1. The van der Waals surface area contributed by atoms with Gasteiger partial charge in [-0.3, -0.25) is 0 Å². The summed E-state index contributed by atoms with van der Waals surface area (Å²) < 4.78 is 5.79. The number of hydrogen-bond donors (Lipinski definition) is 1. The quantitative estimate of drug-likeness (QED) is 0.727. The van der Waals surface area contributed by atoms with E-state index < -0.39 is 0 Å². The standard InChI is InChI=1S/C13H27NO/c1-12(2,3)14-11-13(15-4)9-7-5-6-8-10-13/h14H,5-11H2,1-4H3. The minimum Gasteiger partial charge on any atom is -0.377 e. The summed E-state index contributed by atoms with van der Waals surface area (Å²) >= 11 is 0. The molecule has 15 heavy (non-hydrogen) atoms. The van der Waals surface area contributed by atoms with Crippen LogP contribution in [0.25, 0.3) is 0 Å². The van der Waals surface area contributed by atoms with Gasteiger partial charge in [0.1, 0.15) is 0 Å². The first-order valence-corrected chi connectivity index (χ1v) is 6.28. The van der Waals surface area contributed by atoms with Gasteiger partial charge >= 0.3 is 0 Å². The van der Waals surface area contributed by atoms with Crippen molar-refractivity contribution in [2.45, 2.75) is 70.4 Å². The molecule has 0 bridgehead atoms. The molecule has 0 aliphatic heterocycles. The third-order valence-electron chi connectivity index (χ3n) is 3.39. The molecule has 2 nitrogen and oxygen atoms in total. The monoisotopic (exact) mass is 213 g/mol. The molecule has 0 saturated heterocycles. The zero-order valence-corrected chi connectivity index (χ0v) is 10.9. The molecule has 0 unspecified atom stereocenters. The highest BCUT2D eigenvalue weighted by atomic mass is 16.5. The SMILES string of the molecule is COC1(CNC(C)(C)C)CCCCCC1. The highest BCUT2D eigenvalue weighted by molar-refractivity contribution is 4.87. The van der Waals surface area contributed by atoms with Gasteiger partial charge in [0.2, 0.25) is 0 Å². The van der Waals surface area contributed by atoms with E-state index in [0.717, 1.165) is 6.54 Å². The number of hydrogen-bond acceptors (Lipinski definition) is 2. The summed E-state index contributed by atoms with van der Waals surface area (Å²) in [5.41, 5.74) is 0.293. The number of methoxy groups -OCH3 is 1. The summed E-state index contributed by atoms with van der Waals surface area (Å²) in [6.45, 7) is 7.64. The van der Waals surface area contributed by atoms with Crippen molar-refractivity contribution in [1.82, 2.24) is 5.32 Å². The molecule has 0 radical (unpaired) electrons. The van der Waals surface area contributed by atoms with E-state index in [0.29, 0.717) is 0 Å². The van der Waals surface area contributed by atoms with Gasteiger partial charge in [0.15, 0.2) is 0 Å². The van der Waals surface area contributed by atoms with Crippen LogP contribution in [0.3, 0.4) is 0 Å². The Bertz CT molecular complexity index is 175. The Hall–Kier alpha value is -0.0800. The molecule has 1 N–H and O–H groups in total. The van der Waals surface area contributed by atoms with Gasteiger partial charge in [-0.2, -0.15) is 0 Å². The smallest absolute Gasteiger partial charge is 0.0802 e. The Kier molecular flexibility index (Phi) is 4.60. The van der Waals surface area contributed by atoms with Crippen LogP contribution in [0.15, 0.2) is 0 Å². The van der Waals surface area contributed by atoms with Crippen molar-refractivity contribution >= 4 is 0 Å². The van der Waals surface area contributed by atoms with Gasteiger partial charge in [0.05, 0.1) is 5.60 Å². The lowest BCUT2D eigenvalue weighted by atomic mass is 9.93. The average molecular weight is 213 g/mol. The topological polar surface area (TPSA) is 21.3 Å². The highest BCUT2D eigenvalue weighted by Gasteiger charge is 2.31. The van der Waals surface area contributed by atoms with Gasteiger partial charge in [-0.15, -0.1) is 0 Å². The van der Waals surface area contributed by atoms with E-state index in [1.807, 2.05) is 7.11 Å². The molecule has 0 atom stereocenters. The fourth-order valence-electron chi connectivity index (χ4n) is 2.25. The molecule has 2 heteroatoms. The van der Waals surface area contributed by atoms with E-state index in [1.54, 1.807) is 0 Å². The zero-order chi connectivity index (χ0) is 11.4. The van der Waals surface area contributed by atoms with Crippen LogP contribution in [0.1, 0.15) is 59.3 Å². The van der Waals surface area contributed by atoms with Crippen molar-refractivity contribution in [3.8, 4) is 0 Å². The Morgan fingerprint density at radius 3 is 2.00 bits per heavy atom. The van der Waals surface area contributed by atoms with Crippen LogP contribution >= 0.6 is 0 Å². The molecule has 0 aromatic rings. The van der Waals surface area contributed by atoms with Gasteiger partial charge in [-0.1, -0.05) is 25.7 Å². The molecule has 1 rings (SSSR count). The van der Waals surface area contributed by atoms with Crippen LogP contribution in [0.4, 0.5) is 0 Å². The van der Waals surface area contributed by atoms with E-state index in [1.165, 1.54) is 38.5 Å².